The third kappa shape index (κ3) is 3.40. The van der Waals surface area contributed by atoms with Crippen LogP contribution in [0.15, 0.2) is 48.5 Å². The molecule has 0 bridgehead atoms. The summed E-state index contributed by atoms with van der Waals surface area (Å²) < 4.78 is 6.04. The van der Waals surface area contributed by atoms with E-state index in [9.17, 15) is 0 Å². The van der Waals surface area contributed by atoms with E-state index in [1.54, 1.807) is 0 Å². The third-order valence-corrected chi connectivity index (χ3v) is 3.42. The summed E-state index contributed by atoms with van der Waals surface area (Å²) >= 11 is 0. The highest BCUT2D eigenvalue weighted by Gasteiger charge is 2.18. The molecule has 0 aliphatic carbocycles. The summed E-state index contributed by atoms with van der Waals surface area (Å²) in [4.78, 5) is 0. The fourth-order valence-corrected chi connectivity index (χ4v) is 2.27. The molecule has 0 radical (unpaired) electrons. The van der Waals surface area contributed by atoms with Crippen molar-refractivity contribution in [2.45, 2.75) is 39.3 Å². The number of ether oxygens (including phenoxy) is 1. The van der Waals surface area contributed by atoms with Gasteiger partial charge in [0.2, 0.25) is 0 Å². The largest absolute Gasteiger partial charge is 0.489 e. The summed E-state index contributed by atoms with van der Waals surface area (Å²) in [5.74, 6) is 0.951. The van der Waals surface area contributed by atoms with Gasteiger partial charge in [0.1, 0.15) is 12.4 Å². The number of para-hydroxylation sites is 1. The maximum atomic E-state index is 6.04. The SMILES string of the molecule is CC(C)(C)c1ccccc1OCc1ccccc1CN. The first-order valence-electron chi connectivity index (χ1n) is 7.01. The van der Waals surface area contributed by atoms with Gasteiger partial charge in [-0.25, -0.2) is 0 Å². The maximum absolute atomic E-state index is 6.04. The summed E-state index contributed by atoms with van der Waals surface area (Å²) in [6, 6.07) is 16.4. The zero-order chi connectivity index (χ0) is 14.6. The Morgan fingerprint density at radius 3 is 2.15 bits per heavy atom. The van der Waals surface area contributed by atoms with Crippen molar-refractivity contribution in [3.05, 3.63) is 65.2 Å². The van der Waals surface area contributed by atoms with Crippen molar-refractivity contribution in [2.24, 2.45) is 5.73 Å². The highest BCUT2D eigenvalue weighted by atomic mass is 16.5. The van der Waals surface area contributed by atoms with Crippen LogP contribution in [-0.2, 0) is 18.6 Å². The van der Waals surface area contributed by atoms with Gasteiger partial charge >= 0.3 is 0 Å². The minimum Gasteiger partial charge on any atom is -0.489 e. The first kappa shape index (κ1) is 14.6. The van der Waals surface area contributed by atoms with Gasteiger partial charge in [0.15, 0.2) is 0 Å². The summed E-state index contributed by atoms with van der Waals surface area (Å²) in [6.45, 7) is 7.69. The molecule has 0 heterocycles. The van der Waals surface area contributed by atoms with Gasteiger partial charge in [0.05, 0.1) is 0 Å². The molecule has 2 N–H and O–H groups in total. The van der Waals surface area contributed by atoms with Gasteiger partial charge in [0.25, 0.3) is 0 Å². The molecule has 0 amide bonds. The fraction of sp³-hybridized carbons (Fsp3) is 0.333. The van der Waals surface area contributed by atoms with Gasteiger partial charge < -0.3 is 10.5 Å². The highest BCUT2D eigenvalue weighted by molar-refractivity contribution is 5.38. The van der Waals surface area contributed by atoms with E-state index in [2.05, 4.69) is 39.0 Å². The average Bonchev–Trinajstić information content (AvgIpc) is 2.44. The van der Waals surface area contributed by atoms with Gasteiger partial charge in [-0.05, 0) is 28.2 Å². The summed E-state index contributed by atoms with van der Waals surface area (Å²) in [5, 5.41) is 0. The van der Waals surface area contributed by atoms with E-state index in [0.717, 1.165) is 16.9 Å². The molecule has 2 heteroatoms. The second kappa shape index (κ2) is 6.10. The zero-order valence-corrected chi connectivity index (χ0v) is 12.5. The molecule has 0 saturated carbocycles. The molecular formula is C18H23NO. The first-order chi connectivity index (χ1) is 9.52. The molecule has 0 unspecified atom stereocenters. The van der Waals surface area contributed by atoms with Crippen LogP contribution in [0.3, 0.4) is 0 Å². The van der Waals surface area contributed by atoms with E-state index >= 15 is 0 Å². The number of benzene rings is 2. The van der Waals surface area contributed by atoms with Crippen molar-refractivity contribution in [2.75, 3.05) is 0 Å². The highest BCUT2D eigenvalue weighted by Crippen LogP contribution is 2.31. The molecule has 0 saturated heterocycles. The van der Waals surface area contributed by atoms with Gasteiger partial charge in [-0.3, -0.25) is 0 Å². The van der Waals surface area contributed by atoms with Gasteiger partial charge in [0, 0.05) is 6.54 Å². The molecule has 0 aromatic heterocycles. The lowest BCUT2D eigenvalue weighted by Gasteiger charge is -2.23. The van der Waals surface area contributed by atoms with Crippen molar-refractivity contribution < 1.29 is 4.74 Å². The second-order valence-corrected chi connectivity index (χ2v) is 6.01. The molecule has 0 spiro atoms. The molecule has 2 nitrogen and oxygen atoms in total. The molecule has 0 aliphatic rings. The zero-order valence-electron chi connectivity index (χ0n) is 12.5. The Kier molecular flexibility index (Phi) is 4.46. The Labute approximate surface area is 121 Å². The van der Waals surface area contributed by atoms with Crippen LogP contribution in [-0.4, -0.2) is 0 Å². The minimum absolute atomic E-state index is 0.0734. The van der Waals surface area contributed by atoms with Crippen molar-refractivity contribution >= 4 is 0 Å². The quantitative estimate of drug-likeness (QED) is 0.909. The molecule has 20 heavy (non-hydrogen) atoms. The molecule has 2 aromatic carbocycles. The van der Waals surface area contributed by atoms with Gasteiger partial charge in [-0.2, -0.15) is 0 Å². The fourth-order valence-electron chi connectivity index (χ4n) is 2.27. The predicted molar refractivity (Wildman–Crippen MR) is 83.8 cm³/mol. The Balaban J connectivity index is 2.20. The van der Waals surface area contributed by atoms with Crippen LogP contribution in [0.25, 0.3) is 0 Å². The number of nitrogens with two attached hydrogens (primary N) is 1. The van der Waals surface area contributed by atoms with Crippen LogP contribution < -0.4 is 10.5 Å². The second-order valence-electron chi connectivity index (χ2n) is 6.01. The third-order valence-electron chi connectivity index (χ3n) is 3.42. The maximum Gasteiger partial charge on any atom is 0.123 e. The van der Waals surface area contributed by atoms with Crippen molar-refractivity contribution in [1.29, 1.82) is 0 Å². The summed E-state index contributed by atoms with van der Waals surface area (Å²) in [6.07, 6.45) is 0. The molecule has 0 atom stereocenters. The normalized spacial score (nSPS) is 11.4. The smallest absolute Gasteiger partial charge is 0.123 e. The lowest BCUT2D eigenvalue weighted by Crippen LogP contribution is -2.13. The summed E-state index contributed by atoms with van der Waals surface area (Å²) in [7, 11) is 0. The molecule has 2 rings (SSSR count). The van der Waals surface area contributed by atoms with E-state index in [1.807, 2.05) is 30.3 Å². The molecular weight excluding hydrogens is 246 g/mol. The lowest BCUT2D eigenvalue weighted by molar-refractivity contribution is 0.296. The van der Waals surface area contributed by atoms with Gasteiger partial charge in [-0.15, -0.1) is 0 Å². The number of hydrogen-bond donors (Lipinski definition) is 1. The van der Waals surface area contributed by atoms with E-state index in [-0.39, 0.29) is 5.41 Å². The van der Waals surface area contributed by atoms with Crippen molar-refractivity contribution in [3.63, 3.8) is 0 Å². The van der Waals surface area contributed by atoms with Gasteiger partial charge in [-0.1, -0.05) is 63.2 Å². The van der Waals surface area contributed by atoms with E-state index < -0.39 is 0 Å². The Bertz CT molecular complexity index is 570. The minimum atomic E-state index is 0.0734. The monoisotopic (exact) mass is 269 g/mol. The van der Waals surface area contributed by atoms with Crippen LogP contribution in [0.2, 0.25) is 0 Å². The Hall–Kier alpha value is -1.80. The number of rotatable bonds is 4. The van der Waals surface area contributed by atoms with Crippen LogP contribution >= 0.6 is 0 Å². The Morgan fingerprint density at radius 1 is 0.900 bits per heavy atom. The van der Waals surface area contributed by atoms with Crippen LogP contribution in [0.4, 0.5) is 0 Å². The first-order valence-corrected chi connectivity index (χ1v) is 7.01. The Morgan fingerprint density at radius 2 is 1.50 bits per heavy atom. The van der Waals surface area contributed by atoms with E-state index in [0.29, 0.717) is 13.2 Å². The van der Waals surface area contributed by atoms with Crippen molar-refractivity contribution in [1.82, 2.24) is 0 Å². The van der Waals surface area contributed by atoms with E-state index in [1.165, 1.54) is 5.56 Å². The topological polar surface area (TPSA) is 35.2 Å². The van der Waals surface area contributed by atoms with Crippen LogP contribution in [0.5, 0.6) is 5.75 Å². The van der Waals surface area contributed by atoms with Crippen LogP contribution in [0, 0.1) is 0 Å². The van der Waals surface area contributed by atoms with Crippen molar-refractivity contribution in [3.8, 4) is 5.75 Å². The molecule has 0 aliphatic heterocycles. The van der Waals surface area contributed by atoms with Crippen LogP contribution in [0.1, 0.15) is 37.5 Å². The number of hydrogen-bond acceptors (Lipinski definition) is 2. The molecule has 106 valence electrons. The lowest BCUT2D eigenvalue weighted by atomic mass is 9.86. The average molecular weight is 269 g/mol. The predicted octanol–water partition coefficient (Wildman–Crippen LogP) is 4.02. The molecule has 2 aromatic rings. The standard InChI is InChI=1S/C18H23NO/c1-18(2,3)16-10-6-7-11-17(16)20-13-15-9-5-4-8-14(15)12-19/h4-11H,12-13,19H2,1-3H3. The van der Waals surface area contributed by atoms with E-state index in [4.69, 9.17) is 10.5 Å². The molecule has 0 fully saturated rings. The summed E-state index contributed by atoms with van der Waals surface area (Å²) in [5.41, 5.74) is 9.35.